The van der Waals surface area contributed by atoms with E-state index in [-0.39, 0.29) is 32.5 Å². The summed E-state index contributed by atoms with van der Waals surface area (Å²) in [5.41, 5.74) is 5.29. The van der Waals surface area contributed by atoms with Crippen molar-refractivity contribution in [3.8, 4) is 11.5 Å². The summed E-state index contributed by atoms with van der Waals surface area (Å²) in [6.45, 7) is -0.773. The number of halogens is 2. The Kier molecular flexibility index (Phi) is 7.65. The molecule has 1 amide bonds. The van der Waals surface area contributed by atoms with Gasteiger partial charge in [0.2, 0.25) is 5.91 Å². The monoisotopic (exact) mass is 508 g/mol. The number of primary amides is 1. The summed E-state index contributed by atoms with van der Waals surface area (Å²) in [7, 11) is -1.70. The molecule has 0 bridgehead atoms. The van der Waals surface area contributed by atoms with Crippen LogP contribution in [0.3, 0.4) is 0 Å². The third-order valence-electron chi connectivity index (χ3n) is 5.00. The first-order chi connectivity index (χ1) is 16.1. The zero-order valence-electron chi connectivity index (χ0n) is 18.2. The van der Waals surface area contributed by atoms with Crippen LogP contribution in [-0.2, 0) is 14.8 Å². The van der Waals surface area contributed by atoms with Crippen molar-refractivity contribution in [3.05, 3.63) is 82.6 Å². The van der Waals surface area contributed by atoms with Crippen molar-refractivity contribution < 1.29 is 32.2 Å². The minimum Gasteiger partial charge on any atom is -0.493 e. The van der Waals surface area contributed by atoms with Crippen LogP contribution in [0.1, 0.15) is 17.2 Å². The Balaban J connectivity index is 2.21. The van der Waals surface area contributed by atoms with Crippen LogP contribution >= 0.6 is 11.6 Å². The Labute approximate surface area is 201 Å². The average molecular weight is 509 g/mol. The van der Waals surface area contributed by atoms with Crippen LogP contribution in [0.4, 0.5) is 10.1 Å². The molecule has 0 aromatic heterocycles. The Morgan fingerprint density at radius 1 is 1.06 bits per heavy atom. The van der Waals surface area contributed by atoms with Crippen molar-refractivity contribution in [3.63, 3.8) is 0 Å². The molecule has 0 spiro atoms. The van der Waals surface area contributed by atoms with E-state index in [0.717, 1.165) is 18.2 Å². The normalized spacial score (nSPS) is 12.1. The fourth-order valence-corrected chi connectivity index (χ4v) is 5.09. The molecule has 3 aromatic rings. The maximum atomic E-state index is 14.2. The van der Waals surface area contributed by atoms with E-state index >= 15 is 0 Å². The van der Waals surface area contributed by atoms with Gasteiger partial charge in [0.25, 0.3) is 10.0 Å². The summed E-state index contributed by atoms with van der Waals surface area (Å²) in [5.74, 6) is -1.27. The van der Waals surface area contributed by atoms with Gasteiger partial charge in [-0.15, -0.1) is 0 Å². The van der Waals surface area contributed by atoms with Gasteiger partial charge in [-0.1, -0.05) is 29.8 Å². The minimum absolute atomic E-state index is 0.126. The van der Waals surface area contributed by atoms with Gasteiger partial charge in [-0.2, -0.15) is 0 Å². The van der Waals surface area contributed by atoms with E-state index in [1.165, 1.54) is 44.6 Å². The molecule has 0 aliphatic carbocycles. The number of benzene rings is 3. The van der Waals surface area contributed by atoms with E-state index in [2.05, 4.69) is 0 Å². The number of hydrogen-bond donors (Lipinski definition) is 2. The fraction of sp³-hybridized carbons (Fsp3) is 0.174. The molecule has 0 saturated carbocycles. The Morgan fingerprint density at radius 3 is 2.35 bits per heavy atom. The molecular formula is C23H22ClFN2O6S. The van der Waals surface area contributed by atoms with Gasteiger partial charge < -0.3 is 20.3 Å². The molecule has 3 aromatic carbocycles. The van der Waals surface area contributed by atoms with Crippen LogP contribution in [-0.4, -0.2) is 40.2 Å². The summed E-state index contributed by atoms with van der Waals surface area (Å²) < 4.78 is 52.5. The highest BCUT2D eigenvalue weighted by molar-refractivity contribution is 7.92. The van der Waals surface area contributed by atoms with Crippen LogP contribution in [0, 0.1) is 5.82 Å². The van der Waals surface area contributed by atoms with Gasteiger partial charge in [0.15, 0.2) is 11.5 Å². The highest BCUT2D eigenvalue weighted by Gasteiger charge is 2.31. The number of aliphatic hydroxyl groups excluding tert-OH is 1. The lowest BCUT2D eigenvalue weighted by Crippen LogP contribution is -2.39. The summed E-state index contributed by atoms with van der Waals surface area (Å²) in [4.78, 5) is 11.6. The number of ether oxygens (including phenoxy) is 2. The van der Waals surface area contributed by atoms with E-state index in [1.54, 1.807) is 12.1 Å². The van der Waals surface area contributed by atoms with Crippen LogP contribution < -0.4 is 19.5 Å². The van der Waals surface area contributed by atoms with Gasteiger partial charge in [-0.05, 0) is 36.4 Å². The first-order valence-electron chi connectivity index (χ1n) is 9.85. The first-order valence-corrected chi connectivity index (χ1v) is 11.7. The second-order valence-electron chi connectivity index (χ2n) is 7.12. The van der Waals surface area contributed by atoms with Gasteiger partial charge in [0, 0.05) is 22.2 Å². The van der Waals surface area contributed by atoms with Crippen molar-refractivity contribution in [2.45, 2.75) is 11.0 Å². The number of nitrogens with two attached hydrogens (primary N) is 1. The smallest absolute Gasteiger partial charge is 0.264 e. The molecule has 0 aliphatic rings. The van der Waals surface area contributed by atoms with Gasteiger partial charge in [-0.25, -0.2) is 12.8 Å². The molecule has 0 radical (unpaired) electrons. The number of hydrogen-bond acceptors (Lipinski definition) is 6. The SMILES string of the molecule is COc1ccc(S(=O)(=O)N(CC(N)=O)c2ccc(F)cc2C(O)c2ccccc2Cl)cc1OC. The van der Waals surface area contributed by atoms with E-state index in [0.29, 0.717) is 10.1 Å². The highest BCUT2D eigenvalue weighted by atomic mass is 35.5. The van der Waals surface area contributed by atoms with Crippen molar-refractivity contribution in [2.75, 3.05) is 25.1 Å². The van der Waals surface area contributed by atoms with Crippen molar-refractivity contribution in [1.29, 1.82) is 0 Å². The van der Waals surface area contributed by atoms with E-state index in [9.17, 15) is 22.7 Å². The third-order valence-corrected chi connectivity index (χ3v) is 7.10. The molecule has 3 N–H and O–H groups in total. The zero-order valence-corrected chi connectivity index (χ0v) is 19.8. The van der Waals surface area contributed by atoms with Gasteiger partial charge in [0.1, 0.15) is 18.5 Å². The first kappa shape index (κ1) is 25.3. The number of carbonyl (C=O) groups is 1. The molecule has 0 aliphatic heterocycles. The standard InChI is InChI=1S/C23H22ClFN2O6S/c1-32-20-10-8-15(12-21(20)33-2)34(30,31)27(13-22(26)28)19-9-7-14(25)11-17(19)23(29)16-5-3-4-6-18(16)24/h3-12,23,29H,13H2,1-2H3,(H2,26,28). The number of sulfonamides is 1. The second kappa shape index (κ2) is 10.3. The number of aliphatic hydroxyl groups is 1. The van der Waals surface area contributed by atoms with Crippen molar-refractivity contribution in [2.24, 2.45) is 5.73 Å². The molecule has 0 fully saturated rings. The number of amides is 1. The van der Waals surface area contributed by atoms with E-state index in [4.69, 9.17) is 26.8 Å². The Hall–Kier alpha value is -3.34. The summed E-state index contributed by atoms with van der Waals surface area (Å²) in [5, 5.41) is 11.2. The summed E-state index contributed by atoms with van der Waals surface area (Å²) in [6, 6.07) is 13.3. The van der Waals surface area contributed by atoms with Gasteiger partial charge >= 0.3 is 0 Å². The maximum Gasteiger partial charge on any atom is 0.264 e. The van der Waals surface area contributed by atoms with Crippen LogP contribution in [0.2, 0.25) is 5.02 Å². The molecule has 1 unspecified atom stereocenters. The Bertz CT molecular complexity index is 1320. The van der Waals surface area contributed by atoms with Crippen LogP contribution in [0.5, 0.6) is 11.5 Å². The lowest BCUT2D eigenvalue weighted by Gasteiger charge is -2.27. The number of anilines is 1. The number of carbonyl (C=O) groups excluding carboxylic acids is 1. The lowest BCUT2D eigenvalue weighted by molar-refractivity contribution is -0.116. The number of rotatable bonds is 9. The second-order valence-corrected chi connectivity index (χ2v) is 9.39. The topological polar surface area (TPSA) is 119 Å². The Morgan fingerprint density at radius 2 is 1.74 bits per heavy atom. The predicted molar refractivity (Wildman–Crippen MR) is 125 cm³/mol. The van der Waals surface area contributed by atoms with Gasteiger partial charge in [0.05, 0.1) is 24.8 Å². The molecule has 8 nitrogen and oxygen atoms in total. The highest BCUT2D eigenvalue weighted by Crippen LogP contribution is 2.38. The fourth-order valence-electron chi connectivity index (χ4n) is 3.38. The molecule has 11 heteroatoms. The maximum absolute atomic E-state index is 14.2. The van der Waals surface area contributed by atoms with E-state index < -0.39 is 34.4 Å². The molecule has 0 saturated heterocycles. The van der Waals surface area contributed by atoms with Crippen LogP contribution in [0.15, 0.2) is 65.6 Å². The lowest BCUT2D eigenvalue weighted by atomic mass is 9.99. The summed E-state index contributed by atoms with van der Waals surface area (Å²) in [6.07, 6.45) is -1.50. The molecule has 1 atom stereocenters. The molecule has 180 valence electrons. The van der Waals surface area contributed by atoms with Crippen LogP contribution in [0.25, 0.3) is 0 Å². The van der Waals surface area contributed by atoms with Crippen molar-refractivity contribution in [1.82, 2.24) is 0 Å². The van der Waals surface area contributed by atoms with Crippen molar-refractivity contribution >= 4 is 33.2 Å². The average Bonchev–Trinajstić information content (AvgIpc) is 2.81. The minimum atomic E-state index is -4.44. The molecule has 3 rings (SSSR count). The molecular weight excluding hydrogens is 487 g/mol. The third kappa shape index (κ3) is 5.09. The molecule has 34 heavy (non-hydrogen) atoms. The predicted octanol–water partition coefficient (Wildman–Crippen LogP) is 3.26. The zero-order chi connectivity index (χ0) is 25.0. The van der Waals surface area contributed by atoms with Gasteiger partial charge in [-0.3, -0.25) is 9.10 Å². The quantitative estimate of drug-likeness (QED) is 0.458. The largest absolute Gasteiger partial charge is 0.493 e. The number of methoxy groups -OCH3 is 2. The van der Waals surface area contributed by atoms with E-state index in [1.807, 2.05) is 0 Å². The number of nitrogens with zero attached hydrogens (tertiary/aromatic N) is 1. The summed E-state index contributed by atoms with van der Waals surface area (Å²) >= 11 is 6.19. The molecule has 0 heterocycles.